The van der Waals surface area contributed by atoms with E-state index in [1.807, 2.05) is 19.1 Å². The van der Waals surface area contributed by atoms with Crippen molar-refractivity contribution in [1.82, 2.24) is 39.4 Å². The number of piperazine rings is 1. The molecule has 5 aromatic rings. The second kappa shape index (κ2) is 18.2. The number of piperidine rings is 3. The standard InChI is InChI=1S/C50H61N11O4/c1-3-23-60-48(64)42-32-51-49(55-46(42)61(60)43-15-7-36-17-22-50(65,4-2)45(36)53-43)52-37-8-12-39(13-9-37)58-28-30-59(31-29-58)40-20-24-56(25-21-40)33-34-18-26-57(27-19-34)38-10-5-35(6-11-38)41-14-16-44(62)54-47(41)63/h3,5-13,15,32,34,40-41,65H,1,4,14,16-31,33H2,2H3,(H,51,52,55)(H,54,62,63)/t41?,50-/m1/s1. The zero-order chi connectivity index (χ0) is 44.7. The van der Waals surface area contributed by atoms with Gasteiger partial charge in [0, 0.05) is 81.5 Å². The van der Waals surface area contributed by atoms with Crippen molar-refractivity contribution >= 4 is 45.9 Å². The molecule has 3 aromatic heterocycles. The first kappa shape index (κ1) is 43.0. The Morgan fingerprint density at radius 1 is 0.831 bits per heavy atom. The fourth-order valence-electron chi connectivity index (χ4n) is 11.0. The first-order valence-corrected chi connectivity index (χ1v) is 23.8. The summed E-state index contributed by atoms with van der Waals surface area (Å²) >= 11 is 0. The number of anilines is 4. The van der Waals surface area contributed by atoms with Crippen molar-refractivity contribution in [2.45, 2.75) is 88.8 Å². The van der Waals surface area contributed by atoms with E-state index in [0.29, 0.717) is 60.2 Å². The van der Waals surface area contributed by atoms with Crippen LogP contribution in [0.4, 0.5) is 23.0 Å². The molecule has 7 heterocycles. The van der Waals surface area contributed by atoms with Crippen LogP contribution in [0, 0.1) is 5.92 Å². The van der Waals surface area contributed by atoms with Crippen molar-refractivity contribution in [2.24, 2.45) is 5.92 Å². The Morgan fingerprint density at radius 2 is 1.54 bits per heavy atom. The molecule has 0 radical (unpaired) electrons. The molecule has 10 rings (SSSR count). The zero-order valence-electron chi connectivity index (χ0n) is 37.5. The highest BCUT2D eigenvalue weighted by molar-refractivity contribution is 6.01. The van der Waals surface area contributed by atoms with Crippen molar-refractivity contribution in [3.8, 4) is 5.82 Å². The number of nitrogens with zero attached hydrogens (tertiary/aromatic N) is 9. The molecule has 2 atom stereocenters. The minimum absolute atomic E-state index is 0.172. The van der Waals surface area contributed by atoms with Crippen molar-refractivity contribution < 1.29 is 14.7 Å². The number of carbonyl (C=O) groups excluding carboxylic acids is 2. The van der Waals surface area contributed by atoms with Gasteiger partial charge in [0.2, 0.25) is 17.8 Å². The first-order valence-electron chi connectivity index (χ1n) is 23.8. The number of pyridine rings is 1. The number of nitrogens with one attached hydrogen (secondary N) is 2. The molecule has 0 spiro atoms. The van der Waals surface area contributed by atoms with Gasteiger partial charge in [-0.15, -0.1) is 6.58 Å². The van der Waals surface area contributed by atoms with E-state index in [2.05, 4.69) is 90.3 Å². The van der Waals surface area contributed by atoms with Crippen molar-refractivity contribution in [1.29, 1.82) is 0 Å². The third kappa shape index (κ3) is 8.68. The number of aliphatic hydroxyl groups is 1. The van der Waals surface area contributed by atoms with Crippen LogP contribution in [-0.4, -0.2) is 116 Å². The smallest absolute Gasteiger partial charge is 0.278 e. The number of likely N-dealkylation sites (tertiary alicyclic amines) is 1. The molecular formula is C50H61N11O4. The molecule has 0 saturated carbocycles. The molecule has 65 heavy (non-hydrogen) atoms. The summed E-state index contributed by atoms with van der Waals surface area (Å²) < 4.78 is 3.28. The Kier molecular flexibility index (Phi) is 12.0. The predicted octanol–water partition coefficient (Wildman–Crippen LogP) is 5.47. The Balaban J connectivity index is 0.694. The minimum Gasteiger partial charge on any atom is -0.384 e. The largest absolute Gasteiger partial charge is 0.384 e. The summed E-state index contributed by atoms with van der Waals surface area (Å²) in [5.74, 6) is 1.04. The van der Waals surface area contributed by atoms with Gasteiger partial charge in [0.05, 0.1) is 18.2 Å². The van der Waals surface area contributed by atoms with Crippen molar-refractivity contribution in [3.63, 3.8) is 0 Å². The summed E-state index contributed by atoms with van der Waals surface area (Å²) in [6.45, 7) is 15.9. The quantitative estimate of drug-likeness (QED) is 0.107. The van der Waals surface area contributed by atoms with Gasteiger partial charge in [0.1, 0.15) is 11.0 Å². The summed E-state index contributed by atoms with van der Waals surface area (Å²) in [4.78, 5) is 62.1. The number of hydrogen-bond donors (Lipinski definition) is 3. The maximum absolute atomic E-state index is 13.6. The van der Waals surface area contributed by atoms with E-state index >= 15 is 0 Å². The average Bonchev–Trinajstić information content (AvgIpc) is 3.82. The molecule has 0 bridgehead atoms. The van der Waals surface area contributed by atoms with Crippen LogP contribution in [-0.2, 0) is 28.2 Å². The zero-order valence-corrected chi connectivity index (χ0v) is 37.5. The second-order valence-corrected chi connectivity index (χ2v) is 18.7. The average molecular weight is 880 g/mol. The van der Waals surface area contributed by atoms with Crippen LogP contribution in [0.5, 0.6) is 0 Å². The van der Waals surface area contributed by atoms with Gasteiger partial charge in [-0.1, -0.05) is 31.2 Å². The highest BCUT2D eigenvalue weighted by Crippen LogP contribution is 2.39. The fourth-order valence-corrected chi connectivity index (χ4v) is 11.0. The number of benzene rings is 2. The molecule has 4 saturated heterocycles. The van der Waals surface area contributed by atoms with E-state index in [4.69, 9.17) is 9.97 Å². The summed E-state index contributed by atoms with van der Waals surface area (Å²) in [6.07, 6.45) is 11.1. The lowest BCUT2D eigenvalue weighted by Gasteiger charge is -2.44. The lowest BCUT2D eigenvalue weighted by molar-refractivity contribution is -0.134. The highest BCUT2D eigenvalue weighted by atomic mass is 16.3. The Labute approximate surface area is 380 Å². The molecule has 15 heteroatoms. The number of imide groups is 1. The monoisotopic (exact) mass is 879 g/mol. The Hall–Kier alpha value is -5.90. The van der Waals surface area contributed by atoms with E-state index < -0.39 is 5.60 Å². The predicted molar refractivity (Wildman–Crippen MR) is 253 cm³/mol. The third-order valence-corrected chi connectivity index (χ3v) is 14.9. The molecular weight excluding hydrogens is 819 g/mol. The Bertz CT molecular complexity index is 2600. The van der Waals surface area contributed by atoms with Crippen molar-refractivity contribution in [3.05, 3.63) is 107 Å². The number of aryl methyl sites for hydroxylation is 1. The van der Waals surface area contributed by atoms with Gasteiger partial charge in [-0.3, -0.25) is 24.6 Å². The van der Waals surface area contributed by atoms with E-state index in [0.717, 1.165) is 68.4 Å². The molecule has 2 amide bonds. The van der Waals surface area contributed by atoms with Gasteiger partial charge < -0.3 is 25.1 Å². The van der Waals surface area contributed by atoms with E-state index in [-0.39, 0.29) is 29.8 Å². The van der Waals surface area contributed by atoms with Crippen LogP contribution in [0.3, 0.4) is 0 Å². The van der Waals surface area contributed by atoms with Crippen LogP contribution < -0.4 is 26.0 Å². The van der Waals surface area contributed by atoms with Crippen LogP contribution in [0.2, 0.25) is 0 Å². The molecule has 2 aromatic carbocycles. The van der Waals surface area contributed by atoms with Crippen LogP contribution >= 0.6 is 0 Å². The molecule has 15 nitrogen and oxygen atoms in total. The molecule has 4 fully saturated rings. The molecule has 3 N–H and O–H groups in total. The van der Waals surface area contributed by atoms with Crippen LogP contribution in [0.1, 0.15) is 81.0 Å². The van der Waals surface area contributed by atoms with Gasteiger partial charge in [-0.2, -0.15) is 4.98 Å². The molecule has 1 aliphatic carbocycles. The lowest BCUT2D eigenvalue weighted by atomic mass is 9.90. The summed E-state index contributed by atoms with van der Waals surface area (Å²) in [5, 5.41) is 17.5. The topological polar surface area (TPSA) is 157 Å². The van der Waals surface area contributed by atoms with Gasteiger partial charge in [-0.25, -0.2) is 19.3 Å². The van der Waals surface area contributed by atoms with Crippen LogP contribution in [0.15, 0.2) is 84.3 Å². The Morgan fingerprint density at radius 3 is 2.23 bits per heavy atom. The number of amides is 2. The minimum atomic E-state index is -0.985. The first-order chi connectivity index (χ1) is 31.7. The van der Waals surface area contributed by atoms with Gasteiger partial charge >= 0.3 is 0 Å². The second-order valence-electron chi connectivity index (χ2n) is 18.7. The molecule has 1 unspecified atom stereocenters. The number of carbonyl (C=O) groups is 2. The molecule has 340 valence electrons. The summed E-state index contributed by atoms with van der Waals surface area (Å²) in [5.41, 5.74) is 5.18. The van der Waals surface area contributed by atoms with Gasteiger partial charge in [0.25, 0.3) is 5.56 Å². The number of fused-ring (bicyclic) bond motifs is 2. The van der Waals surface area contributed by atoms with Crippen LogP contribution in [0.25, 0.3) is 16.9 Å². The summed E-state index contributed by atoms with van der Waals surface area (Å²) in [7, 11) is 0. The normalized spacial score (nSPS) is 22.6. The lowest BCUT2D eigenvalue weighted by Crippen LogP contribution is -2.53. The number of rotatable bonds is 12. The van der Waals surface area contributed by atoms with E-state index in [9.17, 15) is 19.5 Å². The third-order valence-electron chi connectivity index (χ3n) is 14.9. The van der Waals surface area contributed by atoms with Gasteiger partial charge in [-0.05, 0) is 124 Å². The SMILES string of the molecule is C=CCn1c(=O)c2cnc(Nc3ccc(N4CCN(C5CCN(CC6CCN(c7ccc(C8CCC(=O)NC8=O)cc7)CC6)CC5)CC4)cc3)nc2n1-c1ccc2c(n1)[C@@](O)(CC)CC2. The summed E-state index contributed by atoms with van der Waals surface area (Å²) in [6, 6.07) is 21.4. The van der Waals surface area contributed by atoms with E-state index in [1.165, 1.54) is 56.7 Å². The number of allylic oxidation sites excluding steroid dienone is 1. The van der Waals surface area contributed by atoms with Gasteiger partial charge in [0.15, 0.2) is 11.5 Å². The maximum atomic E-state index is 13.6. The number of aromatic nitrogens is 5. The number of hydrogen-bond acceptors (Lipinski definition) is 12. The van der Waals surface area contributed by atoms with Crippen molar-refractivity contribution in [2.75, 3.05) is 74.0 Å². The molecule has 5 aliphatic rings. The highest BCUT2D eigenvalue weighted by Gasteiger charge is 2.37. The molecule has 4 aliphatic heterocycles. The fraction of sp³-hybridized carbons (Fsp3) is 0.480. The maximum Gasteiger partial charge on any atom is 0.278 e. The van der Waals surface area contributed by atoms with E-state index in [1.54, 1.807) is 21.6 Å².